The van der Waals surface area contributed by atoms with Gasteiger partial charge in [-0.3, -0.25) is 15.0 Å². The molecule has 162 valence electrons. The number of methoxy groups -OCH3 is 1. The molecule has 1 aliphatic carbocycles. The molecule has 31 heavy (non-hydrogen) atoms. The topological polar surface area (TPSA) is 109 Å². The van der Waals surface area contributed by atoms with E-state index in [1.165, 1.54) is 0 Å². The third-order valence-electron chi connectivity index (χ3n) is 5.42. The SMILES string of the molecule is CCN(C(=O)C1=CCCC1C(=O)NCc1ccc(C(=N)N)cc1)c1cccc(OC)c1. The molecule has 0 spiro atoms. The summed E-state index contributed by atoms with van der Waals surface area (Å²) in [5.74, 6) is -0.0992. The zero-order valence-electron chi connectivity index (χ0n) is 17.9. The Balaban J connectivity index is 1.68. The number of hydrogen-bond donors (Lipinski definition) is 3. The highest BCUT2D eigenvalue weighted by atomic mass is 16.5. The second-order valence-corrected chi connectivity index (χ2v) is 7.37. The Hall–Kier alpha value is -3.61. The summed E-state index contributed by atoms with van der Waals surface area (Å²) in [6.45, 7) is 2.75. The predicted octanol–water partition coefficient (Wildman–Crippen LogP) is 2.98. The quantitative estimate of drug-likeness (QED) is 0.451. The van der Waals surface area contributed by atoms with E-state index in [4.69, 9.17) is 15.9 Å². The average Bonchev–Trinajstić information content (AvgIpc) is 3.28. The van der Waals surface area contributed by atoms with Crippen molar-refractivity contribution in [1.82, 2.24) is 5.32 Å². The number of anilines is 1. The van der Waals surface area contributed by atoms with Crippen molar-refractivity contribution in [1.29, 1.82) is 5.41 Å². The van der Waals surface area contributed by atoms with Crippen LogP contribution in [0.3, 0.4) is 0 Å². The predicted molar refractivity (Wildman–Crippen MR) is 121 cm³/mol. The number of benzene rings is 2. The fourth-order valence-corrected chi connectivity index (χ4v) is 3.70. The Bertz CT molecular complexity index is 998. The molecule has 7 nitrogen and oxygen atoms in total. The number of carbonyl (C=O) groups is 2. The third-order valence-corrected chi connectivity index (χ3v) is 5.42. The van der Waals surface area contributed by atoms with Crippen LogP contribution in [0.2, 0.25) is 0 Å². The van der Waals surface area contributed by atoms with Crippen LogP contribution < -0.4 is 20.7 Å². The van der Waals surface area contributed by atoms with E-state index in [0.29, 0.717) is 42.8 Å². The number of nitrogens with two attached hydrogens (primary N) is 1. The molecule has 7 heteroatoms. The Morgan fingerprint density at radius 3 is 2.61 bits per heavy atom. The van der Waals surface area contributed by atoms with Crippen molar-refractivity contribution < 1.29 is 14.3 Å². The minimum Gasteiger partial charge on any atom is -0.497 e. The monoisotopic (exact) mass is 420 g/mol. The Morgan fingerprint density at radius 2 is 1.97 bits per heavy atom. The van der Waals surface area contributed by atoms with Gasteiger partial charge in [-0.25, -0.2) is 0 Å². The molecule has 2 amide bonds. The van der Waals surface area contributed by atoms with Crippen molar-refractivity contribution in [3.8, 4) is 5.75 Å². The van der Waals surface area contributed by atoms with E-state index in [2.05, 4.69) is 5.32 Å². The summed E-state index contributed by atoms with van der Waals surface area (Å²) in [6.07, 6.45) is 3.19. The number of rotatable bonds is 8. The van der Waals surface area contributed by atoms with Gasteiger partial charge in [0.15, 0.2) is 0 Å². The zero-order chi connectivity index (χ0) is 22.4. The summed E-state index contributed by atoms with van der Waals surface area (Å²) in [6, 6.07) is 14.5. The molecule has 1 unspecified atom stereocenters. The van der Waals surface area contributed by atoms with Crippen molar-refractivity contribution in [2.75, 3.05) is 18.6 Å². The number of likely N-dealkylation sites (N-methyl/N-ethyl adjacent to an activating group) is 1. The van der Waals surface area contributed by atoms with E-state index in [9.17, 15) is 9.59 Å². The fraction of sp³-hybridized carbons (Fsp3) is 0.292. The molecule has 1 aliphatic rings. The molecule has 0 fully saturated rings. The molecule has 3 rings (SSSR count). The zero-order valence-corrected chi connectivity index (χ0v) is 17.9. The number of allylic oxidation sites excluding steroid dienone is 1. The number of amidine groups is 1. The van der Waals surface area contributed by atoms with Gasteiger partial charge in [0.05, 0.1) is 13.0 Å². The van der Waals surface area contributed by atoms with Crippen LogP contribution >= 0.6 is 0 Å². The molecule has 0 saturated carbocycles. The second-order valence-electron chi connectivity index (χ2n) is 7.37. The molecule has 0 aromatic heterocycles. The molecule has 0 saturated heterocycles. The van der Waals surface area contributed by atoms with Crippen LogP contribution in [0.5, 0.6) is 5.75 Å². The van der Waals surface area contributed by atoms with Gasteiger partial charge in [-0.05, 0) is 37.5 Å². The number of hydrogen-bond acceptors (Lipinski definition) is 4. The van der Waals surface area contributed by atoms with Gasteiger partial charge >= 0.3 is 0 Å². The van der Waals surface area contributed by atoms with E-state index in [1.54, 1.807) is 24.1 Å². The highest BCUT2D eigenvalue weighted by molar-refractivity contribution is 6.09. The lowest BCUT2D eigenvalue weighted by Gasteiger charge is -2.24. The Morgan fingerprint density at radius 1 is 1.23 bits per heavy atom. The van der Waals surface area contributed by atoms with Gasteiger partial charge in [0.1, 0.15) is 11.6 Å². The van der Waals surface area contributed by atoms with Crippen LogP contribution in [-0.2, 0) is 16.1 Å². The van der Waals surface area contributed by atoms with Gasteiger partial charge in [0, 0.05) is 36.0 Å². The third kappa shape index (κ3) is 5.12. The standard InChI is InChI=1S/C24H28N4O3/c1-3-28(18-6-4-7-19(14-18)31-2)24(30)21-9-5-8-20(21)23(29)27-15-16-10-12-17(13-11-16)22(25)26/h4,6-7,9-14,20H,3,5,8,15H2,1-2H3,(H3,25,26)(H,27,29). The second kappa shape index (κ2) is 9.93. The maximum absolute atomic E-state index is 13.3. The molecule has 0 aliphatic heterocycles. The first-order valence-corrected chi connectivity index (χ1v) is 10.3. The van der Waals surface area contributed by atoms with Crippen LogP contribution in [-0.4, -0.2) is 31.3 Å². The minimum absolute atomic E-state index is 0.00588. The van der Waals surface area contributed by atoms with Crippen molar-refractivity contribution in [2.45, 2.75) is 26.3 Å². The fourth-order valence-electron chi connectivity index (χ4n) is 3.70. The minimum atomic E-state index is -0.469. The lowest BCUT2D eigenvalue weighted by Crippen LogP contribution is -2.38. The van der Waals surface area contributed by atoms with Crippen LogP contribution in [0, 0.1) is 11.3 Å². The first-order chi connectivity index (χ1) is 14.9. The summed E-state index contributed by atoms with van der Waals surface area (Å²) < 4.78 is 5.27. The van der Waals surface area contributed by atoms with E-state index in [1.807, 2.05) is 49.4 Å². The van der Waals surface area contributed by atoms with Crippen LogP contribution in [0.25, 0.3) is 0 Å². The maximum Gasteiger partial charge on any atom is 0.254 e. The smallest absolute Gasteiger partial charge is 0.254 e. The van der Waals surface area contributed by atoms with Crippen LogP contribution in [0.15, 0.2) is 60.2 Å². The van der Waals surface area contributed by atoms with Crippen LogP contribution in [0.1, 0.15) is 30.9 Å². The highest BCUT2D eigenvalue weighted by Crippen LogP contribution is 2.30. The Labute approximate surface area is 182 Å². The lowest BCUT2D eigenvalue weighted by molar-refractivity contribution is -0.126. The molecule has 2 aromatic carbocycles. The van der Waals surface area contributed by atoms with E-state index in [-0.39, 0.29) is 17.6 Å². The van der Waals surface area contributed by atoms with Gasteiger partial charge < -0.3 is 20.7 Å². The van der Waals surface area contributed by atoms with Gasteiger partial charge in [-0.1, -0.05) is 36.4 Å². The molecule has 1 atom stereocenters. The van der Waals surface area contributed by atoms with Gasteiger partial charge in [0.2, 0.25) is 5.91 Å². The molecular formula is C24H28N4O3. The highest BCUT2D eigenvalue weighted by Gasteiger charge is 2.33. The van der Waals surface area contributed by atoms with E-state index < -0.39 is 5.92 Å². The van der Waals surface area contributed by atoms with Crippen LogP contribution in [0.4, 0.5) is 5.69 Å². The molecule has 0 bridgehead atoms. The average molecular weight is 421 g/mol. The van der Waals surface area contributed by atoms with Gasteiger partial charge in [-0.15, -0.1) is 0 Å². The van der Waals surface area contributed by atoms with E-state index in [0.717, 1.165) is 11.3 Å². The van der Waals surface area contributed by atoms with Crippen molar-refractivity contribution >= 4 is 23.3 Å². The normalized spacial score (nSPS) is 15.2. The molecular weight excluding hydrogens is 392 g/mol. The van der Waals surface area contributed by atoms with Crippen molar-refractivity contribution in [3.05, 3.63) is 71.3 Å². The first-order valence-electron chi connectivity index (χ1n) is 10.3. The number of carbonyl (C=O) groups excluding carboxylic acids is 2. The molecule has 2 aromatic rings. The van der Waals surface area contributed by atoms with Gasteiger partial charge in [-0.2, -0.15) is 0 Å². The summed E-state index contributed by atoms with van der Waals surface area (Å²) in [5.41, 5.74) is 8.29. The number of nitrogens with one attached hydrogen (secondary N) is 2. The maximum atomic E-state index is 13.3. The summed E-state index contributed by atoms with van der Waals surface area (Å²) in [7, 11) is 1.59. The molecule has 0 radical (unpaired) electrons. The lowest BCUT2D eigenvalue weighted by atomic mass is 9.98. The molecule has 0 heterocycles. The van der Waals surface area contributed by atoms with Crippen molar-refractivity contribution in [3.63, 3.8) is 0 Å². The summed E-state index contributed by atoms with van der Waals surface area (Å²) in [4.78, 5) is 27.8. The summed E-state index contributed by atoms with van der Waals surface area (Å²) >= 11 is 0. The summed E-state index contributed by atoms with van der Waals surface area (Å²) in [5, 5.41) is 10.4. The molecule has 4 N–H and O–H groups in total. The first kappa shape index (κ1) is 22.1. The van der Waals surface area contributed by atoms with Crippen molar-refractivity contribution in [2.24, 2.45) is 11.7 Å². The van der Waals surface area contributed by atoms with Gasteiger partial charge in [0.25, 0.3) is 5.91 Å². The number of nitrogen functional groups attached to an aromatic ring is 1. The Kier molecular flexibility index (Phi) is 7.07. The van der Waals surface area contributed by atoms with E-state index >= 15 is 0 Å². The largest absolute Gasteiger partial charge is 0.497 e. The number of nitrogens with zero attached hydrogens (tertiary/aromatic N) is 1. The number of ether oxygens (including phenoxy) is 1. The number of amides is 2.